The van der Waals surface area contributed by atoms with Crippen molar-refractivity contribution < 1.29 is 9.47 Å². The van der Waals surface area contributed by atoms with Gasteiger partial charge < -0.3 is 14.8 Å². The van der Waals surface area contributed by atoms with Crippen molar-refractivity contribution in [1.29, 1.82) is 0 Å². The van der Waals surface area contributed by atoms with Gasteiger partial charge in [0.05, 0.1) is 7.11 Å². The van der Waals surface area contributed by atoms with Crippen molar-refractivity contribution in [2.24, 2.45) is 0 Å². The number of methoxy groups -OCH3 is 1. The highest BCUT2D eigenvalue weighted by atomic mass is 35.5. The summed E-state index contributed by atoms with van der Waals surface area (Å²) in [6, 6.07) is 17.1. The first-order valence-electron chi connectivity index (χ1n) is 8.41. The fourth-order valence-corrected chi connectivity index (χ4v) is 2.51. The first kappa shape index (κ1) is 21.1. The van der Waals surface area contributed by atoms with E-state index in [2.05, 4.69) is 55.2 Å². The van der Waals surface area contributed by atoms with Crippen molar-refractivity contribution >= 4 is 12.4 Å². The SMILES string of the molecule is C=CCOc1ccc(CNC(C)CCc2ccccc2)cc1OC.Cl. The van der Waals surface area contributed by atoms with Crippen molar-refractivity contribution in [3.63, 3.8) is 0 Å². The summed E-state index contributed by atoms with van der Waals surface area (Å²) in [5.41, 5.74) is 2.57. The predicted molar refractivity (Wildman–Crippen MR) is 107 cm³/mol. The van der Waals surface area contributed by atoms with Crippen LogP contribution in [0.3, 0.4) is 0 Å². The Bertz CT molecular complexity index is 631. The molecule has 25 heavy (non-hydrogen) atoms. The van der Waals surface area contributed by atoms with E-state index in [-0.39, 0.29) is 12.4 Å². The van der Waals surface area contributed by atoms with Gasteiger partial charge in [-0.2, -0.15) is 0 Å². The molecule has 0 heterocycles. The quantitative estimate of drug-likeness (QED) is 0.617. The van der Waals surface area contributed by atoms with Crippen LogP contribution in [-0.2, 0) is 13.0 Å². The first-order valence-corrected chi connectivity index (χ1v) is 8.41. The Morgan fingerprint density at radius 3 is 2.52 bits per heavy atom. The van der Waals surface area contributed by atoms with Crippen LogP contribution in [0.2, 0.25) is 0 Å². The highest BCUT2D eigenvalue weighted by Gasteiger charge is 2.07. The third-order valence-corrected chi connectivity index (χ3v) is 3.95. The zero-order valence-corrected chi connectivity index (χ0v) is 15.9. The highest BCUT2D eigenvalue weighted by molar-refractivity contribution is 5.85. The first-order chi connectivity index (χ1) is 11.7. The summed E-state index contributed by atoms with van der Waals surface area (Å²) in [5, 5.41) is 3.57. The minimum Gasteiger partial charge on any atom is -0.493 e. The summed E-state index contributed by atoms with van der Waals surface area (Å²) < 4.78 is 11.0. The maximum absolute atomic E-state index is 5.58. The Hall–Kier alpha value is -1.97. The summed E-state index contributed by atoms with van der Waals surface area (Å²) in [6.45, 7) is 7.18. The highest BCUT2D eigenvalue weighted by Crippen LogP contribution is 2.28. The van der Waals surface area contributed by atoms with E-state index in [1.807, 2.05) is 12.1 Å². The molecule has 0 spiro atoms. The lowest BCUT2D eigenvalue weighted by Crippen LogP contribution is -2.26. The van der Waals surface area contributed by atoms with Gasteiger partial charge in [-0.05, 0) is 43.0 Å². The lowest BCUT2D eigenvalue weighted by molar-refractivity contribution is 0.326. The molecule has 4 heteroatoms. The molecule has 1 N–H and O–H groups in total. The molecular weight excluding hydrogens is 334 g/mol. The molecule has 136 valence electrons. The Morgan fingerprint density at radius 1 is 1.08 bits per heavy atom. The number of hydrogen-bond donors (Lipinski definition) is 1. The topological polar surface area (TPSA) is 30.5 Å². The fraction of sp³-hybridized carbons (Fsp3) is 0.333. The van der Waals surface area contributed by atoms with E-state index in [0.29, 0.717) is 12.6 Å². The summed E-state index contributed by atoms with van der Waals surface area (Å²) in [6.07, 6.45) is 3.93. The van der Waals surface area contributed by atoms with Crippen LogP contribution in [0.15, 0.2) is 61.2 Å². The van der Waals surface area contributed by atoms with Crippen LogP contribution < -0.4 is 14.8 Å². The minimum absolute atomic E-state index is 0. The average Bonchev–Trinajstić information content (AvgIpc) is 2.64. The molecule has 0 aliphatic rings. The van der Waals surface area contributed by atoms with Gasteiger partial charge in [0.2, 0.25) is 0 Å². The normalized spacial score (nSPS) is 11.3. The van der Waals surface area contributed by atoms with E-state index < -0.39 is 0 Å². The van der Waals surface area contributed by atoms with Crippen molar-refractivity contribution in [2.75, 3.05) is 13.7 Å². The Morgan fingerprint density at radius 2 is 1.84 bits per heavy atom. The van der Waals surface area contributed by atoms with Crippen molar-refractivity contribution in [1.82, 2.24) is 5.32 Å². The summed E-state index contributed by atoms with van der Waals surface area (Å²) in [7, 11) is 1.66. The molecule has 3 nitrogen and oxygen atoms in total. The molecule has 2 rings (SSSR count). The van der Waals surface area contributed by atoms with Crippen LogP contribution >= 0.6 is 12.4 Å². The van der Waals surface area contributed by atoms with Crippen molar-refractivity contribution in [3.8, 4) is 11.5 Å². The zero-order chi connectivity index (χ0) is 17.2. The summed E-state index contributed by atoms with van der Waals surface area (Å²) in [4.78, 5) is 0. The van der Waals surface area contributed by atoms with Gasteiger partial charge in [-0.25, -0.2) is 0 Å². The van der Waals surface area contributed by atoms with E-state index in [1.54, 1.807) is 13.2 Å². The second-order valence-corrected chi connectivity index (χ2v) is 5.89. The zero-order valence-electron chi connectivity index (χ0n) is 15.0. The number of aryl methyl sites for hydroxylation is 1. The standard InChI is InChI=1S/C21H27NO2.ClH/c1-4-14-24-20-13-12-19(15-21(20)23-3)16-22-17(2)10-11-18-8-6-5-7-9-18;/h4-9,12-13,15,17,22H,1,10-11,14,16H2,2-3H3;1H. The number of ether oxygens (including phenoxy) is 2. The van der Waals surface area contributed by atoms with Crippen molar-refractivity contribution in [2.45, 2.75) is 32.4 Å². The lowest BCUT2D eigenvalue weighted by Gasteiger charge is -2.15. The van der Waals surface area contributed by atoms with Crippen LogP contribution in [0.1, 0.15) is 24.5 Å². The molecule has 0 aliphatic heterocycles. The van der Waals surface area contributed by atoms with Crippen LogP contribution in [0.5, 0.6) is 11.5 Å². The second kappa shape index (κ2) is 11.6. The molecule has 0 saturated carbocycles. The predicted octanol–water partition coefficient (Wildman–Crippen LogP) is 4.79. The maximum atomic E-state index is 5.58. The van der Waals surface area contributed by atoms with Gasteiger partial charge in [0, 0.05) is 12.6 Å². The van der Waals surface area contributed by atoms with E-state index >= 15 is 0 Å². The van der Waals surface area contributed by atoms with Crippen LogP contribution in [0.25, 0.3) is 0 Å². The molecule has 0 saturated heterocycles. The van der Waals surface area contributed by atoms with E-state index in [4.69, 9.17) is 9.47 Å². The van der Waals surface area contributed by atoms with Gasteiger partial charge >= 0.3 is 0 Å². The number of rotatable bonds is 10. The molecule has 1 unspecified atom stereocenters. The fourth-order valence-electron chi connectivity index (χ4n) is 2.51. The molecule has 0 bridgehead atoms. The Labute approximate surface area is 157 Å². The molecule has 2 aromatic carbocycles. The molecule has 0 fully saturated rings. The van der Waals surface area contributed by atoms with Gasteiger partial charge in [-0.3, -0.25) is 0 Å². The number of halogens is 1. The maximum Gasteiger partial charge on any atom is 0.161 e. The van der Waals surface area contributed by atoms with Crippen LogP contribution in [0, 0.1) is 0 Å². The van der Waals surface area contributed by atoms with E-state index in [0.717, 1.165) is 30.9 Å². The third-order valence-electron chi connectivity index (χ3n) is 3.95. The monoisotopic (exact) mass is 361 g/mol. The summed E-state index contributed by atoms with van der Waals surface area (Å²) >= 11 is 0. The minimum atomic E-state index is 0. The van der Waals surface area contributed by atoms with E-state index in [9.17, 15) is 0 Å². The molecule has 0 radical (unpaired) electrons. The summed E-state index contributed by atoms with van der Waals surface area (Å²) in [5.74, 6) is 1.51. The number of benzene rings is 2. The molecular formula is C21H28ClNO2. The molecule has 0 aliphatic carbocycles. The molecule has 2 aromatic rings. The van der Waals surface area contributed by atoms with Gasteiger partial charge in [-0.15, -0.1) is 12.4 Å². The van der Waals surface area contributed by atoms with Crippen molar-refractivity contribution in [3.05, 3.63) is 72.3 Å². The third kappa shape index (κ3) is 7.20. The largest absolute Gasteiger partial charge is 0.493 e. The molecule has 0 aromatic heterocycles. The van der Waals surface area contributed by atoms with E-state index in [1.165, 1.54) is 11.1 Å². The number of hydrogen-bond acceptors (Lipinski definition) is 3. The smallest absolute Gasteiger partial charge is 0.161 e. The molecule has 0 amide bonds. The van der Waals surface area contributed by atoms with Gasteiger partial charge in [0.15, 0.2) is 11.5 Å². The Kier molecular flexibility index (Phi) is 9.75. The van der Waals surface area contributed by atoms with Crippen LogP contribution in [0.4, 0.5) is 0 Å². The average molecular weight is 362 g/mol. The number of nitrogens with one attached hydrogen (secondary N) is 1. The second-order valence-electron chi connectivity index (χ2n) is 5.89. The van der Waals surface area contributed by atoms with Gasteiger partial charge in [0.25, 0.3) is 0 Å². The molecule has 1 atom stereocenters. The Balaban J connectivity index is 0.00000312. The lowest BCUT2D eigenvalue weighted by atomic mass is 10.1. The van der Waals surface area contributed by atoms with Crippen LogP contribution in [-0.4, -0.2) is 19.8 Å². The van der Waals surface area contributed by atoms with Gasteiger partial charge in [-0.1, -0.05) is 49.1 Å². The van der Waals surface area contributed by atoms with Gasteiger partial charge in [0.1, 0.15) is 6.61 Å².